The maximum atomic E-state index is 15.2. The molecule has 2 N–H and O–H groups in total. The standard InChI is InChI=1S/C27H20F7N7O2/c1-25(2,12-35)24-39-38-22(43-24)15-6-21-16(7-17(15)28)26(30,31)8-19(36)23(42)40(21)10-13-3-4-20(18(29)5-13)41-11-14(9-37-41)27(32,33)34/h3-7,9,11,19H,8,10,36H2,1-2H3/t19-/m0/s1. The number of benzene rings is 2. The quantitative estimate of drug-likeness (QED) is 0.302. The van der Waals surface area contributed by atoms with Crippen molar-refractivity contribution in [3.63, 3.8) is 0 Å². The molecule has 1 aliphatic heterocycles. The van der Waals surface area contributed by atoms with E-state index in [1.54, 1.807) is 0 Å². The number of fused-ring (bicyclic) bond motifs is 1. The Morgan fingerprint density at radius 3 is 2.47 bits per heavy atom. The van der Waals surface area contributed by atoms with Gasteiger partial charge in [0.2, 0.25) is 11.8 Å². The number of alkyl halides is 5. The minimum Gasteiger partial charge on any atom is -0.419 e. The maximum absolute atomic E-state index is 15.2. The molecular weight excluding hydrogens is 587 g/mol. The summed E-state index contributed by atoms with van der Waals surface area (Å²) >= 11 is 0. The van der Waals surface area contributed by atoms with E-state index in [0.717, 1.165) is 23.1 Å². The molecule has 1 atom stereocenters. The molecule has 1 amide bonds. The lowest BCUT2D eigenvalue weighted by molar-refractivity contribution is -0.137. The van der Waals surface area contributed by atoms with Crippen LogP contribution >= 0.6 is 0 Å². The number of hydrogen-bond donors (Lipinski definition) is 1. The van der Waals surface area contributed by atoms with Crippen LogP contribution in [0.2, 0.25) is 0 Å². The lowest BCUT2D eigenvalue weighted by atomic mass is 9.96. The van der Waals surface area contributed by atoms with Crippen molar-refractivity contribution in [2.24, 2.45) is 5.73 Å². The number of hydrogen-bond acceptors (Lipinski definition) is 7. The highest BCUT2D eigenvalue weighted by atomic mass is 19.4. The van der Waals surface area contributed by atoms with Crippen LogP contribution in [0.25, 0.3) is 17.1 Å². The third-order valence-electron chi connectivity index (χ3n) is 6.81. The fraction of sp³-hybridized carbons (Fsp3) is 0.296. The number of rotatable bonds is 5. The number of nitrogens with two attached hydrogens (primary N) is 1. The van der Waals surface area contributed by atoms with Gasteiger partial charge in [0, 0.05) is 18.2 Å². The number of carbonyl (C=O) groups excluding carboxylic acids is 1. The van der Waals surface area contributed by atoms with E-state index in [0.29, 0.717) is 23.1 Å². The number of amides is 1. The fourth-order valence-electron chi connectivity index (χ4n) is 4.45. The maximum Gasteiger partial charge on any atom is 0.419 e. The molecule has 5 rings (SSSR count). The van der Waals surface area contributed by atoms with E-state index in [2.05, 4.69) is 15.3 Å². The fourth-order valence-corrected chi connectivity index (χ4v) is 4.45. The average Bonchev–Trinajstić information content (AvgIpc) is 3.61. The summed E-state index contributed by atoms with van der Waals surface area (Å²) in [4.78, 5) is 14.1. The molecule has 43 heavy (non-hydrogen) atoms. The number of aromatic nitrogens is 4. The second-order valence-electron chi connectivity index (χ2n) is 10.4. The molecular formula is C27H20F7N7O2. The van der Waals surface area contributed by atoms with Crippen molar-refractivity contribution < 1.29 is 39.9 Å². The number of nitriles is 1. The van der Waals surface area contributed by atoms with Crippen molar-refractivity contribution in [1.29, 1.82) is 5.26 Å². The molecule has 16 heteroatoms. The van der Waals surface area contributed by atoms with Crippen LogP contribution in [0.4, 0.5) is 36.4 Å². The first-order chi connectivity index (χ1) is 20.0. The zero-order chi connectivity index (χ0) is 31.5. The minimum atomic E-state index is -4.71. The molecule has 0 spiro atoms. The molecule has 0 saturated heterocycles. The van der Waals surface area contributed by atoms with Crippen molar-refractivity contribution in [1.82, 2.24) is 20.0 Å². The predicted molar refractivity (Wildman–Crippen MR) is 135 cm³/mol. The zero-order valence-corrected chi connectivity index (χ0v) is 22.3. The highest BCUT2D eigenvalue weighted by Gasteiger charge is 2.45. The molecule has 0 unspecified atom stereocenters. The van der Waals surface area contributed by atoms with Crippen LogP contribution in [0, 0.1) is 23.0 Å². The SMILES string of the molecule is CC(C)(C#N)c1nnc(-c2cc3c(cc2F)C(F)(F)C[C@H](N)C(=O)N3Cc2ccc(-n3cc(C(F)(F)F)cn3)c(F)c2)o1. The summed E-state index contributed by atoms with van der Waals surface area (Å²) in [6.45, 7) is 2.40. The molecule has 0 radical (unpaired) electrons. The van der Waals surface area contributed by atoms with E-state index in [4.69, 9.17) is 10.2 Å². The predicted octanol–water partition coefficient (Wildman–Crippen LogP) is 5.38. The van der Waals surface area contributed by atoms with Gasteiger partial charge in [0.25, 0.3) is 11.8 Å². The second-order valence-corrected chi connectivity index (χ2v) is 10.4. The van der Waals surface area contributed by atoms with Gasteiger partial charge in [0.05, 0.1) is 41.7 Å². The molecule has 2 aromatic carbocycles. The van der Waals surface area contributed by atoms with Crippen molar-refractivity contribution in [2.45, 2.75) is 50.4 Å². The number of nitrogens with zero attached hydrogens (tertiary/aromatic N) is 6. The Morgan fingerprint density at radius 1 is 1.12 bits per heavy atom. The summed E-state index contributed by atoms with van der Waals surface area (Å²) in [5, 5.41) is 20.3. The summed E-state index contributed by atoms with van der Waals surface area (Å²) < 4.78 is 106. The average molecular weight is 607 g/mol. The van der Waals surface area contributed by atoms with Gasteiger partial charge in [-0.1, -0.05) is 6.07 Å². The minimum absolute atomic E-state index is 0.0443. The largest absolute Gasteiger partial charge is 0.419 e. The van der Waals surface area contributed by atoms with Gasteiger partial charge in [-0.2, -0.15) is 23.5 Å². The van der Waals surface area contributed by atoms with E-state index in [1.807, 2.05) is 6.07 Å². The normalized spacial score (nSPS) is 17.0. The molecule has 0 bridgehead atoms. The molecule has 0 saturated carbocycles. The monoisotopic (exact) mass is 607 g/mol. The van der Waals surface area contributed by atoms with Crippen LogP contribution in [-0.2, 0) is 28.9 Å². The molecule has 0 aliphatic carbocycles. The first-order valence-electron chi connectivity index (χ1n) is 12.5. The van der Waals surface area contributed by atoms with Crippen molar-refractivity contribution in [2.75, 3.05) is 4.90 Å². The summed E-state index contributed by atoms with van der Waals surface area (Å²) in [6, 6.07) is 4.88. The van der Waals surface area contributed by atoms with E-state index in [-0.39, 0.29) is 17.1 Å². The van der Waals surface area contributed by atoms with Crippen molar-refractivity contribution in [3.05, 3.63) is 76.9 Å². The Hall–Kier alpha value is -4.78. The Morgan fingerprint density at radius 2 is 1.84 bits per heavy atom. The van der Waals surface area contributed by atoms with Gasteiger partial charge in [-0.05, 0) is 43.7 Å². The van der Waals surface area contributed by atoms with Crippen LogP contribution in [-0.4, -0.2) is 31.9 Å². The molecule has 3 heterocycles. The van der Waals surface area contributed by atoms with Crippen LogP contribution < -0.4 is 10.6 Å². The highest BCUT2D eigenvalue weighted by Crippen LogP contribution is 2.45. The summed E-state index contributed by atoms with van der Waals surface area (Å²) in [6.07, 6.45) is -4.75. The molecule has 9 nitrogen and oxygen atoms in total. The van der Waals surface area contributed by atoms with Gasteiger partial charge in [0.15, 0.2) is 0 Å². The van der Waals surface area contributed by atoms with E-state index < -0.39 is 82.3 Å². The van der Waals surface area contributed by atoms with E-state index in [9.17, 15) is 23.2 Å². The summed E-state index contributed by atoms with van der Waals surface area (Å²) in [5.74, 6) is -7.57. The van der Waals surface area contributed by atoms with Crippen LogP contribution in [0.3, 0.4) is 0 Å². The number of halogens is 7. The van der Waals surface area contributed by atoms with Gasteiger partial charge in [-0.25, -0.2) is 22.2 Å². The van der Waals surface area contributed by atoms with Gasteiger partial charge < -0.3 is 15.1 Å². The Labute approximate surface area is 238 Å². The molecule has 0 fully saturated rings. The topological polar surface area (TPSA) is 127 Å². The van der Waals surface area contributed by atoms with Gasteiger partial charge in [-0.3, -0.25) is 4.79 Å². The van der Waals surface area contributed by atoms with Crippen LogP contribution in [0.5, 0.6) is 0 Å². The summed E-state index contributed by atoms with van der Waals surface area (Å²) in [7, 11) is 0. The molecule has 1 aliphatic rings. The Kier molecular flexibility index (Phi) is 7.04. The van der Waals surface area contributed by atoms with E-state index in [1.165, 1.54) is 19.9 Å². The smallest absolute Gasteiger partial charge is 0.419 e. The zero-order valence-electron chi connectivity index (χ0n) is 22.3. The first-order valence-corrected chi connectivity index (χ1v) is 12.5. The first kappa shape index (κ1) is 29.7. The van der Waals surface area contributed by atoms with Crippen molar-refractivity contribution in [3.8, 4) is 23.2 Å². The van der Waals surface area contributed by atoms with Crippen LogP contribution in [0.1, 0.15) is 42.8 Å². The third kappa shape index (κ3) is 5.43. The second kappa shape index (κ2) is 10.2. The Bertz CT molecular complexity index is 1770. The third-order valence-corrected chi connectivity index (χ3v) is 6.81. The lowest BCUT2D eigenvalue weighted by Crippen LogP contribution is -2.43. The molecule has 224 valence electrons. The molecule has 2 aromatic heterocycles. The van der Waals surface area contributed by atoms with Gasteiger partial charge in [-0.15, -0.1) is 10.2 Å². The van der Waals surface area contributed by atoms with Crippen molar-refractivity contribution >= 4 is 11.6 Å². The van der Waals surface area contributed by atoms with Gasteiger partial charge in [0.1, 0.15) is 22.7 Å². The van der Waals surface area contributed by atoms with Crippen LogP contribution in [0.15, 0.2) is 47.1 Å². The summed E-state index contributed by atoms with van der Waals surface area (Å²) in [5.41, 5.74) is 1.33. The number of carbonyl (C=O) groups is 1. The van der Waals surface area contributed by atoms with E-state index >= 15 is 17.6 Å². The lowest BCUT2D eigenvalue weighted by Gasteiger charge is -2.25. The Balaban J connectivity index is 1.57. The number of anilines is 1. The highest BCUT2D eigenvalue weighted by molar-refractivity contribution is 5.99. The van der Waals surface area contributed by atoms with Gasteiger partial charge >= 0.3 is 6.18 Å². The molecule has 4 aromatic rings.